The monoisotopic (exact) mass is 270 g/mol. The van der Waals surface area contributed by atoms with Gasteiger partial charge in [0.2, 0.25) is 0 Å². The van der Waals surface area contributed by atoms with Crippen molar-refractivity contribution in [3.8, 4) is 0 Å². The molecule has 1 rings (SSSR count). The molecule has 0 aliphatic rings. The zero-order valence-electron chi connectivity index (χ0n) is 11.3. The van der Waals surface area contributed by atoms with E-state index in [4.69, 9.17) is 19.9 Å². The highest BCUT2D eigenvalue weighted by molar-refractivity contribution is 5.33. The van der Waals surface area contributed by atoms with Crippen molar-refractivity contribution >= 4 is 5.69 Å². The van der Waals surface area contributed by atoms with Gasteiger partial charge in [-0.3, -0.25) is 4.79 Å². The van der Waals surface area contributed by atoms with E-state index in [9.17, 15) is 4.79 Å². The third-order valence-electron chi connectivity index (χ3n) is 2.50. The molecule has 0 amide bonds. The summed E-state index contributed by atoms with van der Waals surface area (Å²) in [5.41, 5.74) is 6.17. The second-order valence-corrected chi connectivity index (χ2v) is 4.07. The summed E-state index contributed by atoms with van der Waals surface area (Å²) in [4.78, 5) is 11.5. The topological polar surface area (TPSA) is 75.7 Å². The van der Waals surface area contributed by atoms with Gasteiger partial charge in [-0.15, -0.1) is 0 Å². The number of aromatic nitrogens is 1. The Morgan fingerprint density at radius 2 is 1.79 bits per heavy atom. The van der Waals surface area contributed by atoms with Crippen LogP contribution in [0.5, 0.6) is 0 Å². The molecule has 0 aliphatic carbocycles. The highest BCUT2D eigenvalue weighted by Gasteiger charge is 1.97. The van der Waals surface area contributed by atoms with Gasteiger partial charge in [-0.2, -0.15) is 0 Å². The van der Waals surface area contributed by atoms with Crippen LogP contribution in [0.15, 0.2) is 23.1 Å². The third kappa shape index (κ3) is 6.95. The van der Waals surface area contributed by atoms with Gasteiger partial charge in [0.1, 0.15) is 0 Å². The van der Waals surface area contributed by atoms with E-state index in [1.807, 2.05) is 0 Å². The molecule has 2 N–H and O–H groups in total. The molecule has 6 heteroatoms. The van der Waals surface area contributed by atoms with Crippen LogP contribution in [0, 0.1) is 0 Å². The summed E-state index contributed by atoms with van der Waals surface area (Å²) < 4.78 is 17.1. The van der Waals surface area contributed by atoms with E-state index in [0.717, 1.165) is 6.42 Å². The van der Waals surface area contributed by atoms with Crippen LogP contribution >= 0.6 is 0 Å². The average Bonchev–Trinajstić information content (AvgIpc) is 2.40. The number of hydrogen-bond acceptors (Lipinski definition) is 5. The first-order valence-corrected chi connectivity index (χ1v) is 6.34. The first kappa shape index (κ1) is 15.7. The Hall–Kier alpha value is -1.37. The van der Waals surface area contributed by atoms with Crippen LogP contribution < -0.4 is 11.3 Å². The lowest BCUT2D eigenvalue weighted by Gasteiger charge is -2.07. The Morgan fingerprint density at radius 3 is 2.53 bits per heavy atom. The lowest BCUT2D eigenvalue weighted by atomic mass is 10.4. The van der Waals surface area contributed by atoms with Crippen LogP contribution in [-0.2, 0) is 20.8 Å². The van der Waals surface area contributed by atoms with Crippen LogP contribution in [0.3, 0.4) is 0 Å². The molecule has 0 radical (unpaired) electrons. The normalized spacial score (nSPS) is 10.8. The van der Waals surface area contributed by atoms with E-state index in [0.29, 0.717) is 45.3 Å². The zero-order valence-corrected chi connectivity index (χ0v) is 11.3. The van der Waals surface area contributed by atoms with E-state index in [-0.39, 0.29) is 5.56 Å². The van der Waals surface area contributed by atoms with E-state index >= 15 is 0 Å². The highest BCUT2D eigenvalue weighted by Crippen LogP contribution is 1.97. The van der Waals surface area contributed by atoms with Gasteiger partial charge in [-0.05, 0) is 12.5 Å². The smallest absolute Gasteiger partial charge is 0.250 e. The van der Waals surface area contributed by atoms with Crippen molar-refractivity contribution in [2.45, 2.75) is 13.0 Å². The maximum Gasteiger partial charge on any atom is 0.250 e. The summed E-state index contributed by atoms with van der Waals surface area (Å²) in [6.07, 6.45) is 2.41. The predicted octanol–water partition coefficient (Wildman–Crippen LogP) is 0.500. The summed E-state index contributed by atoms with van der Waals surface area (Å²) in [6, 6.07) is 3.08. The lowest BCUT2D eigenvalue weighted by molar-refractivity contribution is 0.0237. The number of methoxy groups -OCH3 is 1. The van der Waals surface area contributed by atoms with Crippen LogP contribution in [0.25, 0.3) is 0 Å². The molecule has 19 heavy (non-hydrogen) atoms. The Kier molecular flexibility index (Phi) is 7.88. The summed E-state index contributed by atoms with van der Waals surface area (Å²) in [5.74, 6) is 0. The Labute approximate surface area is 113 Å². The second kappa shape index (κ2) is 9.55. The SMILES string of the molecule is COCCOCCOCCCn1cc(N)ccc1=O. The van der Waals surface area contributed by atoms with Crippen LogP contribution in [-0.4, -0.2) is 44.7 Å². The standard InChI is InChI=1S/C13H22N2O4/c1-17-7-8-19-10-9-18-6-2-5-15-11-12(14)3-4-13(15)16/h3-4,11H,2,5-10,14H2,1H3. The molecule has 0 bridgehead atoms. The largest absolute Gasteiger partial charge is 0.398 e. The molecule has 0 spiro atoms. The number of pyridine rings is 1. The minimum atomic E-state index is -0.0444. The minimum absolute atomic E-state index is 0.0444. The number of nitrogens with zero attached hydrogens (tertiary/aromatic N) is 1. The first-order chi connectivity index (χ1) is 9.24. The van der Waals surface area contributed by atoms with Crippen molar-refractivity contribution in [1.29, 1.82) is 0 Å². The van der Waals surface area contributed by atoms with Crippen LogP contribution in [0.1, 0.15) is 6.42 Å². The molecular formula is C13H22N2O4. The Balaban J connectivity index is 2.04. The third-order valence-corrected chi connectivity index (χ3v) is 2.50. The van der Waals surface area contributed by atoms with E-state index < -0.39 is 0 Å². The van der Waals surface area contributed by atoms with Gasteiger partial charge in [0.15, 0.2) is 0 Å². The molecule has 6 nitrogen and oxygen atoms in total. The van der Waals surface area contributed by atoms with Gasteiger partial charge < -0.3 is 24.5 Å². The van der Waals surface area contributed by atoms with E-state index in [1.165, 1.54) is 6.07 Å². The Morgan fingerprint density at radius 1 is 1.11 bits per heavy atom. The number of ether oxygens (including phenoxy) is 3. The van der Waals surface area contributed by atoms with Crippen LogP contribution in [0.2, 0.25) is 0 Å². The number of hydrogen-bond donors (Lipinski definition) is 1. The molecule has 0 saturated carbocycles. The molecule has 1 heterocycles. The van der Waals surface area contributed by atoms with Gasteiger partial charge in [-0.1, -0.05) is 0 Å². The van der Waals surface area contributed by atoms with Gasteiger partial charge >= 0.3 is 0 Å². The second-order valence-electron chi connectivity index (χ2n) is 4.07. The molecule has 0 aliphatic heterocycles. The number of aryl methyl sites for hydroxylation is 1. The summed E-state index contributed by atoms with van der Waals surface area (Å²) >= 11 is 0. The molecule has 0 unspecified atom stereocenters. The fraction of sp³-hybridized carbons (Fsp3) is 0.615. The quantitative estimate of drug-likeness (QED) is 0.627. The molecule has 0 saturated heterocycles. The van der Waals surface area contributed by atoms with Crippen molar-refractivity contribution in [3.63, 3.8) is 0 Å². The summed E-state index contributed by atoms with van der Waals surface area (Å²) in [5, 5.41) is 0. The van der Waals surface area contributed by atoms with Crippen molar-refractivity contribution < 1.29 is 14.2 Å². The van der Waals surface area contributed by atoms with E-state index in [2.05, 4.69) is 0 Å². The Bertz CT molecular complexity index is 406. The maximum absolute atomic E-state index is 11.5. The number of nitrogens with two attached hydrogens (primary N) is 1. The van der Waals surface area contributed by atoms with Gasteiger partial charge in [0.05, 0.1) is 26.4 Å². The molecular weight excluding hydrogens is 248 g/mol. The van der Waals surface area contributed by atoms with Crippen molar-refractivity contribution in [2.24, 2.45) is 0 Å². The first-order valence-electron chi connectivity index (χ1n) is 6.34. The zero-order chi connectivity index (χ0) is 13.9. The van der Waals surface area contributed by atoms with Crippen molar-refractivity contribution in [1.82, 2.24) is 4.57 Å². The van der Waals surface area contributed by atoms with Gasteiger partial charge in [0.25, 0.3) is 5.56 Å². The molecule has 1 aromatic rings. The fourth-order valence-electron chi connectivity index (χ4n) is 1.53. The fourth-order valence-corrected chi connectivity index (χ4v) is 1.53. The minimum Gasteiger partial charge on any atom is -0.398 e. The molecule has 0 fully saturated rings. The average molecular weight is 270 g/mol. The number of rotatable bonds is 10. The molecule has 108 valence electrons. The molecule has 0 aromatic carbocycles. The summed E-state index contributed by atoms with van der Waals surface area (Å²) in [7, 11) is 1.64. The van der Waals surface area contributed by atoms with Gasteiger partial charge in [-0.25, -0.2) is 0 Å². The van der Waals surface area contributed by atoms with Gasteiger partial charge in [0, 0.05) is 38.2 Å². The lowest BCUT2D eigenvalue weighted by Crippen LogP contribution is -2.20. The predicted molar refractivity (Wildman–Crippen MR) is 73.2 cm³/mol. The summed E-state index contributed by atoms with van der Waals surface area (Å²) in [6.45, 7) is 3.48. The van der Waals surface area contributed by atoms with Crippen molar-refractivity contribution in [2.75, 3.05) is 45.9 Å². The van der Waals surface area contributed by atoms with E-state index in [1.54, 1.807) is 23.9 Å². The number of nitrogen functional groups attached to an aromatic ring is 1. The highest BCUT2D eigenvalue weighted by atomic mass is 16.5. The molecule has 0 atom stereocenters. The number of anilines is 1. The molecule has 1 aromatic heterocycles. The maximum atomic E-state index is 11.5. The van der Waals surface area contributed by atoms with Crippen LogP contribution in [0.4, 0.5) is 5.69 Å². The van der Waals surface area contributed by atoms with Crippen molar-refractivity contribution in [3.05, 3.63) is 28.7 Å².